The van der Waals surface area contributed by atoms with Crippen molar-refractivity contribution in [3.05, 3.63) is 54.3 Å². The molecule has 2 aromatic carbocycles. The van der Waals surface area contributed by atoms with Crippen molar-refractivity contribution in [1.82, 2.24) is 20.2 Å². The number of oxazole rings is 1. The second-order valence-electron chi connectivity index (χ2n) is 8.25. The van der Waals surface area contributed by atoms with Gasteiger partial charge >= 0.3 is 0 Å². The van der Waals surface area contributed by atoms with Crippen molar-refractivity contribution in [1.29, 1.82) is 0 Å². The summed E-state index contributed by atoms with van der Waals surface area (Å²) in [5.41, 5.74) is 5.10. The van der Waals surface area contributed by atoms with Crippen molar-refractivity contribution in [3.8, 4) is 11.1 Å². The maximum absolute atomic E-state index is 13.4. The molecule has 2 aliphatic heterocycles. The molecule has 0 atom stereocenters. The molecule has 28 heavy (non-hydrogen) atoms. The predicted molar refractivity (Wildman–Crippen MR) is 107 cm³/mol. The van der Waals surface area contributed by atoms with Crippen LogP contribution in [0.4, 0.5) is 4.39 Å². The Kier molecular flexibility index (Phi) is 3.43. The van der Waals surface area contributed by atoms with Crippen molar-refractivity contribution in [2.24, 2.45) is 5.41 Å². The molecule has 1 spiro atoms. The number of halogens is 1. The van der Waals surface area contributed by atoms with Gasteiger partial charge in [0.1, 0.15) is 11.3 Å². The van der Waals surface area contributed by atoms with Gasteiger partial charge in [0, 0.05) is 67.2 Å². The van der Waals surface area contributed by atoms with Crippen LogP contribution in [0.3, 0.4) is 0 Å². The van der Waals surface area contributed by atoms with Gasteiger partial charge in [0.2, 0.25) is 0 Å². The number of likely N-dealkylation sites (tertiary alicyclic amines) is 1. The molecule has 4 heterocycles. The fraction of sp³-hybridized carbons (Fsp3) is 0.318. The maximum atomic E-state index is 13.4. The van der Waals surface area contributed by atoms with Gasteiger partial charge in [-0.2, -0.15) is 0 Å². The Labute approximate surface area is 161 Å². The third-order valence-corrected chi connectivity index (χ3v) is 6.15. The molecule has 4 aromatic rings. The lowest BCUT2D eigenvalue weighted by molar-refractivity contribution is -0.0389. The van der Waals surface area contributed by atoms with E-state index in [1.807, 2.05) is 30.5 Å². The molecule has 0 unspecified atom stereocenters. The Balaban J connectivity index is 1.23. The van der Waals surface area contributed by atoms with Crippen LogP contribution in [0.15, 0.2) is 47.0 Å². The molecule has 0 aliphatic carbocycles. The Morgan fingerprint density at radius 2 is 2.04 bits per heavy atom. The van der Waals surface area contributed by atoms with Crippen LogP contribution in [0.5, 0.6) is 0 Å². The van der Waals surface area contributed by atoms with Gasteiger partial charge in [0.25, 0.3) is 0 Å². The molecule has 6 heteroatoms. The molecular formula is C22H21FN4O. The third-order valence-electron chi connectivity index (χ3n) is 6.15. The largest absolute Gasteiger partial charge is 0.441 e. The molecule has 6 rings (SSSR count). The Bertz CT molecular complexity index is 1180. The van der Waals surface area contributed by atoms with E-state index in [1.54, 1.807) is 0 Å². The number of fused-ring (bicyclic) bond motifs is 2. The van der Waals surface area contributed by atoms with Gasteiger partial charge in [-0.3, -0.25) is 0 Å². The van der Waals surface area contributed by atoms with Crippen LogP contribution in [0.1, 0.15) is 5.89 Å². The summed E-state index contributed by atoms with van der Waals surface area (Å²) in [6.45, 7) is 5.69. The summed E-state index contributed by atoms with van der Waals surface area (Å²) in [4.78, 5) is 10.3. The highest BCUT2D eigenvalue weighted by atomic mass is 19.1. The number of hydrogen-bond acceptors (Lipinski definition) is 4. The number of nitrogens with one attached hydrogen (secondary N) is 2. The van der Waals surface area contributed by atoms with Crippen molar-refractivity contribution < 1.29 is 8.81 Å². The number of rotatable bonds is 4. The molecule has 2 fully saturated rings. The van der Waals surface area contributed by atoms with E-state index in [0.29, 0.717) is 5.41 Å². The number of aromatic amines is 1. The number of aromatic nitrogens is 2. The first kappa shape index (κ1) is 16.3. The van der Waals surface area contributed by atoms with Gasteiger partial charge < -0.3 is 19.6 Å². The molecule has 0 amide bonds. The first-order valence-corrected chi connectivity index (χ1v) is 9.77. The molecule has 2 aromatic heterocycles. The minimum atomic E-state index is -0.238. The van der Waals surface area contributed by atoms with E-state index >= 15 is 0 Å². The van der Waals surface area contributed by atoms with Crippen molar-refractivity contribution >= 4 is 22.0 Å². The summed E-state index contributed by atoms with van der Waals surface area (Å²) in [6, 6.07) is 10.9. The summed E-state index contributed by atoms with van der Waals surface area (Å²) in [7, 11) is 0. The average Bonchev–Trinajstić information content (AvgIpc) is 3.21. The molecule has 0 saturated carbocycles. The van der Waals surface area contributed by atoms with Gasteiger partial charge in [-0.1, -0.05) is 6.07 Å². The fourth-order valence-corrected chi connectivity index (χ4v) is 4.60. The SMILES string of the molecule is Fc1ccc2c(-c3ccc4nc(CCN5CC6(CNC6)C5)oc4c3)c[nH]c2c1. The molecular weight excluding hydrogens is 355 g/mol. The Morgan fingerprint density at radius 3 is 2.86 bits per heavy atom. The predicted octanol–water partition coefficient (Wildman–Crippen LogP) is 3.56. The summed E-state index contributed by atoms with van der Waals surface area (Å²) >= 11 is 0. The molecule has 2 aliphatic rings. The van der Waals surface area contributed by atoms with E-state index in [-0.39, 0.29) is 5.82 Å². The molecule has 0 bridgehead atoms. The number of H-pyrrole nitrogens is 1. The van der Waals surface area contributed by atoms with E-state index in [1.165, 1.54) is 25.2 Å². The first-order chi connectivity index (χ1) is 13.7. The second-order valence-corrected chi connectivity index (χ2v) is 8.25. The lowest BCUT2D eigenvalue weighted by Gasteiger charge is -2.56. The first-order valence-electron chi connectivity index (χ1n) is 9.77. The molecule has 2 N–H and O–H groups in total. The van der Waals surface area contributed by atoms with E-state index in [9.17, 15) is 4.39 Å². The van der Waals surface area contributed by atoms with E-state index in [4.69, 9.17) is 4.42 Å². The summed E-state index contributed by atoms with van der Waals surface area (Å²) in [5.74, 6) is 0.554. The van der Waals surface area contributed by atoms with Crippen molar-refractivity contribution in [2.45, 2.75) is 6.42 Å². The zero-order chi connectivity index (χ0) is 18.7. The minimum absolute atomic E-state index is 0.238. The minimum Gasteiger partial charge on any atom is -0.441 e. The highest BCUT2D eigenvalue weighted by Crippen LogP contribution is 2.34. The zero-order valence-corrected chi connectivity index (χ0v) is 15.5. The normalized spacial score (nSPS) is 18.6. The van der Waals surface area contributed by atoms with Crippen LogP contribution >= 0.6 is 0 Å². The topological polar surface area (TPSA) is 57.1 Å². The zero-order valence-electron chi connectivity index (χ0n) is 15.5. The third kappa shape index (κ3) is 2.56. The molecule has 5 nitrogen and oxygen atoms in total. The molecule has 0 radical (unpaired) electrons. The van der Waals surface area contributed by atoms with E-state index in [2.05, 4.69) is 20.2 Å². The highest BCUT2D eigenvalue weighted by molar-refractivity contribution is 5.97. The van der Waals surface area contributed by atoms with Crippen LogP contribution in [-0.2, 0) is 6.42 Å². The van der Waals surface area contributed by atoms with Crippen LogP contribution in [0.25, 0.3) is 33.1 Å². The van der Waals surface area contributed by atoms with Gasteiger partial charge in [-0.25, -0.2) is 9.37 Å². The number of nitrogens with zero attached hydrogens (tertiary/aromatic N) is 2. The smallest absolute Gasteiger partial charge is 0.196 e. The van der Waals surface area contributed by atoms with Gasteiger partial charge in [-0.15, -0.1) is 0 Å². The van der Waals surface area contributed by atoms with Crippen LogP contribution in [-0.4, -0.2) is 47.6 Å². The Morgan fingerprint density at radius 1 is 1.14 bits per heavy atom. The number of hydrogen-bond donors (Lipinski definition) is 2. The van der Waals surface area contributed by atoms with Gasteiger partial charge in [-0.05, 0) is 35.9 Å². The fourth-order valence-electron chi connectivity index (χ4n) is 4.60. The average molecular weight is 376 g/mol. The summed E-state index contributed by atoms with van der Waals surface area (Å²) in [6.07, 6.45) is 2.75. The van der Waals surface area contributed by atoms with Gasteiger partial charge in [0.15, 0.2) is 11.5 Å². The molecule has 2 saturated heterocycles. The van der Waals surface area contributed by atoms with E-state index in [0.717, 1.165) is 65.1 Å². The summed E-state index contributed by atoms with van der Waals surface area (Å²) < 4.78 is 19.5. The molecule has 142 valence electrons. The van der Waals surface area contributed by atoms with Crippen molar-refractivity contribution in [2.75, 3.05) is 32.7 Å². The summed E-state index contributed by atoms with van der Waals surface area (Å²) in [5, 5.41) is 4.37. The monoisotopic (exact) mass is 376 g/mol. The Hall–Kier alpha value is -2.70. The van der Waals surface area contributed by atoms with Crippen LogP contribution in [0.2, 0.25) is 0 Å². The maximum Gasteiger partial charge on any atom is 0.196 e. The highest BCUT2D eigenvalue weighted by Gasteiger charge is 2.46. The number of benzene rings is 2. The quantitative estimate of drug-likeness (QED) is 0.572. The lowest BCUT2D eigenvalue weighted by atomic mass is 9.74. The van der Waals surface area contributed by atoms with Crippen LogP contribution < -0.4 is 5.32 Å². The van der Waals surface area contributed by atoms with Crippen molar-refractivity contribution in [3.63, 3.8) is 0 Å². The second kappa shape index (κ2) is 5.90. The standard InChI is InChI=1S/C22H21FN4O/c23-15-2-3-16-17(9-25-19(16)8-15)14-1-4-18-20(7-14)28-21(26-18)5-6-27-12-22(13-27)10-24-11-22/h1-4,7-9,24-25H,5-6,10-13H2. The van der Waals surface area contributed by atoms with E-state index < -0.39 is 0 Å². The van der Waals surface area contributed by atoms with Gasteiger partial charge in [0.05, 0.1) is 0 Å². The lowest BCUT2D eigenvalue weighted by Crippen LogP contribution is -2.71. The van der Waals surface area contributed by atoms with Crippen LogP contribution in [0, 0.1) is 11.2 Å².